The molecular weight excluding hydrogens is 318 g/mol. The summed E-state index contributed by atoms with van der Waals surface area (Å²) in [4.78, 5) is 4.19. The molecule has 0 saturated carbocycles. The molecule has 1 heterocycles. The van der Waals surface area contributed by atoms with Gasteiger partial charge in [0.1, 0.15) is 0 Å². The van der Waals surface area contributed by atoms with Crippen LogP contribution in [0.4, 0.5) is 13.2 Å². The molecule has 0 aromatic heterocycles. The quantitative estimate of drug-likeness (QED) is 0.566. The summed E-state index contributed by atoms with van der Waals surface area (Å²) in [7, 11) is 0. The van der Waals surface area contributed by atoms with Crippen molar-refractivity contribution >= 4 is 3.72 Å². The van der Waals surface area contributed by atoms with Crippen molar-refractivity contribution in [2.75, 3.05) is 0 Å². The van der Waals surface area contributed by atoms with Crippen LogP contribution in [0.25, 0.3) is 0 Å². The van der Waals surface area contributed by atoms with Gasteiger partial charge in [0.05, 0.1) is 0 Å². The molecule has 84 valence electrons. The molecule has 0 saturated heterocycles. The first-order valence-electron chi connectivity index (χ1n) is 4.60. The van der Waals surface area contributed by atoms with E-state index in [0.29, 0.717) is 5.70 Å². The number of hydrogen-bond donors (Lipinski definition) is 0. The molecule has 2 rings (SSSR count). The van der Waals surface area contributed by atoms with Crippen LogP contribution in [0, 0.1) is 5.92 Å². The van der Waals surface area contributed by atoms with Crippen LogP contribution in [0.1, 0.15) is 20.3 Å². The minimum absolute atomic E-state index is 0.00984. The molecule has 1 aliphatic heterocycles. The summed E-state index contributed by atoms with van der Waals surface area (Å²) in [6, 6.07) is 0. The molecule has 15 heavy (non-hydrogen) atoms. The van der Waals surface area contributed by atoms with Gasteiger partial charge in [-0.3, -0.25) is 0 Å². The van der Waals surface area contributed by atoms with Crippen LogP contribution in [-0.2, 0) is 0 Å². The van der Waals surface area contributed by atoms with Gasteiger partial charge in [-0.25, -0.2) is 0 Å². The summed E-state index contributed by atoms with van der Waals surface area (Å²) in [6.45, 7) is 3.77. The molecule has 1 nitrogen and oxygen atoms in total. The first-order chi connectivity index (χ1) is 6.88. The fourth-order valence-corrected chi connectivity index (χ4v) is 4.25. The van der Waals surface area contributed by atoms with E-state index in [1.807, 2.05) is 13.8 Å². The van der Waals surface area contributed by atoms with Gasteiger partial charge in [0.15, 0.2) is 0 Å². The molecule has 1 aliphatic carbocycles. The Morgan fingerprint density at radius 2 is 2.13 bits per heavy atom. The van der Waals surface area contributed by atoms with Crippen molar-refractivity contribution in [2.45, 2.75) is 26.4 Å². The van der Waals surface area contributed by atoms with Crippen molar-refractivity contribution in [3.8, 4) is 0 Å². The van der Waals surface area contributed by atoms with Crippen molar-refractivity contribution in [2.24, 2.45) is 10.9 Å². The van der Waals surface area contributed by atoms with Crippen LogP contribution in [-0.4, -0.2) is 9.89 Å². The zero-order chi connectivity index (χ0) is 11.2. The minimum atomic E-state index is -4.20. The summed E-state index contributed by atoms with van der Waals surface area (Å²) >= 11 is -0.261. The normalized spacial score (nSPS) is 26.9. The summed E-state index contributed by atoms with van der Waals surface area (Å²) in [5, 5.41) is 0. The molecule has 0 aromatic carbocycles. The van der Waals surface area contributed by atoms with E-state index in [-0.39, 0.29) is 33.5 Å². The third kappa shape index (κ3) is 2.11. The fraction of sp³-hybridized carbons (Fsp3) is 0.500. The van der Waals surface area contributed by atoms with Gasteiger partial charge in [-0.05, 0) is 0 Å². The molecule has 1 atom stereocenters. The second kappa shape index (κ2) is 3.61. The number of allylic oxidation sites excluding steroid dienone is 3. The van der Waals surface area contributed by atoms with Crippen molar-refractivity contribution in [3.63, 3.8) is 0 Å². The van der Waals surface area contributed by atoms with Gasteiger partial charge in [0, 0.05) is 0 Å². The number of aliphatic imine (C=N–C) groups is 1. The van der Waals surface area contributed by atoms with Crippen molar-refractivity contribution in [1.29, 1.82) is 0 Å². The van der Waals surface area contributed by atoms with E-state index in [2.05, 4.69) is 4.99 Å². The van der Waals surface area contributed by atoms with Gasteiger partial charge >= 0.3 is 96.4 Å². The Morgan fingerprint density at radius 1 is 1.47 bits per heavy atom. The molecule has 5 heteroatoms. The summed E-state index contributed by atoms with van der Waals surface area (Å²) in [5.41, 5.74) is 0.155. The Balaban J connectivity index is 2.37. The molecule has 0 aromatic rings. The second-order valence-electron chi connectivity index (χ2n) is 3.71. The van der Waals surface area contributed by atoms with Crippen molar-refractivity contribution in [1.82, 2.24) is 0 Å². The Labute approximate surface area is 96.4 Å². The Hall–Kier alpha value is -0.330. The maximum absolute atomic E-state index is 12.5. The van der Waals surface area contributed by atoms with Gasteiger partial charge in [-0.1, -0.05) is 0 Å². The monoisotopic (exact) mass is 328 g/mol. The predicted molar refractivity (Wildman–Crippen MR) is 48.1 cm³/mol. The van der Waals surface area contributed by atoms with Crippen LogP contribution >= 0.6 is 0 Å². The fourth-order valence-electron chi connectivity index (χ4n) is 1.72. The Bertz CT molecular complexity index is 390. The number of alkyl halides is 3. The van der Waals surface area contributed by atoms with E-state index >= 15 is 0 Å². The molecule has 0 N–H and O–H groups in total. The van der Waals surface area contributed by atoms with Crippen LogP contribution < -0.4 is 21.2 Å². The van der Waals surface area contributed by atoms with E-state index in [1.54, 1.807) is 0 Å². The van der Waals surface area contributed by atoms with Crippen molar-refractivity contribution in [3.05, 3.63) is 20.9 Å². The van der Waals surface area contributed by atoms with Gasteiger partial charge in [0.25, 0.3) is 0 Å². The molecule has 0 amide bonds. The van der Waals surface area contributed by atoms with E-state index in [0.717, 1.165) is 3.72 Å². The second-order valence-corrected chi connectivity index (χ2v) is 6.97. The van der Waals surface area contributed by atoms with E-state index in [1.165, 1.54) is 9.66 Å². The zero-order valence-corrected chi connectivity index (χ0v) is 10.5. The van der Waals surface area contributed by atoms with Gasteiger partial charge in [-0.15, -0.1) is 0 Å². The average Bonchev–Trinajstić information content (AvgIpc) is 2.44. The average molecular weight is 328 g/mol. The first-order valence-corrected chi connectivity index (χ1v) is 6.75. The summed E-state index contributed by atoms with van der Waals surface area (Å²) in [6.07, 6.45) is -2.85. The molecule has 0 fully saturated rings. The molecular formula is C10H10F3IN-. The Kier molecular flexibility index (Phi) is 2.68. The van der Waals surface area contributed by atoms with Crippen LogP contribution in [0.3, 0.4) is 0 Å². The first kappa shape index (κ1) is 11.2. The molecule has 2 aliphatic rings. The topological polar surface area (TPSA) is 12.4 Å². The van der Waals surface area contributed by atoms with Gasteiger partial charge < -0.3 is 0 Å². The number of halogens is 4. The standard InChI is InChI=1S/C10H10F3IN/c1-5-3-7(10(11,12)13)4-8-9(5)14-6(2)15-8/h4-5H,3H2,1-2H3/q-1. The van der Waals surface area contributed by atoms with Gasteiger partial charge in [0.2, 0.25) is 0 Å². The van der Waals surface area contributed by atoms with Crippen LogP contribution in [0.15, 0.2) is 25.9 Å². The number of rotatable bonds is 0. The Morgan fingerprint density at radius 3 is 2.73 bits per heavy atom. The number of hydrogen-bond acceptors (Lipinski definition) is 1. The van der Waals surface area contributed by atoms with Gasteiger partial charge in [-0.2, -0.15) is 0 Å². The van der Waals surface area contributed by atoms with Crippen molar-refractivity contribution < 1.29 is 34.4 Å². The molecule has 1 unspecified atom stereocenters. The zero-order valence-electron chi connectivity index (χ0n) is 8.32. The van der Waals surface area contributed by atoms with E-state index in [4.69, 9.17) is 0 Å². The third-order valence-electron chi connectivity index (χ3n) is 2.39. The summed E-state index contributed by atoms with van der Waals surface area (Å²) in [5.74, 6) is 0.00984. The van der Waals surface area contributed by atoms with E-state index < -0.39 is 11.7 Å². The third-order valence-corrected chi connectivity index (χ3v) is 5.61. The SMILES string of the molecule is CC1=NC2=C([I-]1)C(C)CC(C(F)(F)F)=C2. The molecule has 0 spiro atoms. The number of nitrogens with zero attached hydrogens (tertiary/aromatic N) is 1. The maximum atomic E-state index is 12.5. The predicted octanol–water partition coefficient (Wildman–Crippen LogP) is 0.247. The van der Waals surface area contributed by atoms with Crippen LogP contribution in [0.5, 0.6) is 0 Å². The van der Waals surface area contributed by atoms with E-state index in [9.17, 15) is 13.2 Å². The molecule has 0 bridgehead atoms. The summed E-state index contributed by atoms with van der Waals surface area (Å²) < 4.78 is 39.8. The molecule has 0 radical (unpaired) electrons. The van der Waals surface area contributed by atoms with Crippen LogP contribution in [0.2, 0.25) is 0 Å².